The minimum atomic E-state index is 0.620. The molecule has 1 aliphatic rings. The summed E-state index contributed by atoms with van der Waals surface area (Å²) in [5.41, 5.74) is 2.71. The van der Waals surface area contributed by atoms with Crippen molar-refractivity contribution in [2.24, 2.45) is 0 Å². The van der Waals surface area contributed by atoms with Crippen LogP contribution in [0, 0.1) is 0 Å². The molecule has 2 nitrogen and oxygen atoms in total. The fraction of sp³-hybridized carbons (Fsp3) is 0.647. The second-order valence-electron chi connectivity index (χ2n) is 5.72. The zero-order valence-corrected chi connectivity index (χ0v) is 12.5. The lowest BCUT2D eigenvalue weighted by atomic mass is 10.1. The maximum absolute atomic E-state index is 3.64. The van der Waals surface area contributed by atoms with Crippen molar-refractivity contribution >= 4 is 5.69 Å². The van der Waals surface area contributed by atoms with Gasteiger partial charge >= 0.3 is 0 Å². The molecule has 0 aromatic heterocycles. The van der Waals surface area contributed by atoms with Gasteiger partial charge in [-0.25, -0.2) is 0 Å². The van der Waals surface area contributed by atoms with Gasteiger partial charge in [0.1, 0.15) is 0 Å². The fourth-order valence-electron chi connectivity index (χ4n) is 2.87. The van der Waals surface area contributed by atoms with Gasteiger partial charge in [-0.15, -0.1) is 0 Å². The zero-order valence-electron chi connectivity index (χ0n) is 12.5. The van der Waals surface area contributed by atoms with Crippen LogP contribution in [0.4, 0.5) is 5.69 Å². The van der Waals surface area contributed by atoms with Crippen LogP contribution < -0.4 is 5.32 Å². The van der Waals surface area contributed by atoms with Gasteiger partial charge in [0.25, 0.3) is 0 Å². The molecular formula is C17H28N2. The van der Waals surface area contributed by atoms with Gasteiger partial charge in [-0.3, -0.25) is 4.90 Å². The topological polar surface area (TPSA) is 15.3 Å². The summed E-state index contributed by atoms with van der Waals surface area (Å²) in [7, 11) is 0. The minimum absolute atomic E-state index is 0.620. The summed E-state index contributed by atoms with van der Waals surface area (Å²) < 4.78 is 0. The second kappa shape index (κ2) is 7.54. The van der Waals surface area contributed by atoms with Crippen LogP contribution in [0.1, 0.15) is 51.5 Å². The van der Waals surface area contributed by atoms with E-state index in [0.29, 0.717) is 6.04 Å². The molecule has 2 rings (SSSR count). The van der Waals surface area contributed by atoms with Crippen molar-refractivity contribution in [2.75, 3.05) is 18.4 Å². The first-order valence-corrected chi connectivity index (χ1v) is 7.89. The van der Waals surface area contributed by atoms with Crippen LogP contribution in [0.2, 0.25) is 0 Å². The lowest BCUT2D eigenvalue weighted by Gasteiger charge is -2.18. The number of nitrogens with zero attached hydrogens (tertiary/aromatic N) is 1. The zero-order chi connectivity index (χ0) is 13.5. The van der Waals surface area contributed by atoms with Crippen molar-refractivity contribution in [1.29, 1.82) is 0 Å². The van der Waals surface area contributed by atoms with Gasteiger partial charge in [-0.1, -0.05) is 32.4 Å². The average Bonchev–Trinajstić information content (AvgIpc) is 2.93. The minimum Gasteiger partial charge on any atom is -0.382 e. The molecule has 0 amide bonds. The molecule has 1 atom stereocenters. The van der Waals surface area contributed by atoms with Crippen molar-refractivity contribution in [3.05, 3.63) is 29.8 Å². The second-order valence-corrected chi connectivity index (χ2v) is 5.72. The Hall–Kier alpha value is -1.02. The lowest BCUT2D eigenvalue weighted by Crippen LogP contribution is -2.19. The lowest BCUT2D eigenvalue weighted by molar-refractivity contribution is 0.331. The van der Waals surface area contributed by atoms with Crippen molar-refractivity contribution in [1.82, 2.24) is 4.90 Å². The normalized spacial score (nSPS) is 17.6. The third-order valence-electron chi connectivity index (χ3n) is 4.06. The Bertz CT molecular complexity index is 352. The predicted molar refractivity (Wildman–Crippen MR) is 83.6 cm³/mol. The molecule has 0 radical (unpaired) electrons. The number of nitrogens with one attached hydrogen (secondary N) is 1. The summed E-state index contributed by atoms with van der Waals surface area (Å²) >= 11 is 0. The molecule has 1 heterocycles. The van der Waals surface area contributed by atoms with E-state index in [1.54, 1.807) is 0 Å². The van der Waals surface area contributed by atoms with Crippen LogP contribution in [0.3, 0.4) is 0 Å². The molecule has 1 aliphatic heterocycles. The van der Waals surface area contributed by atoms with E-state index < -0.39 is 0 Å². The first-order chi connectivity index (χ1) is 9.31. The van der Waals surface area contributed by atoms with Gasteiger partial charge < -0.3 is 5.32 Å². The van der Waals surface area contributed by atoms with Crippen molar-refractivity contribution in [2.45, 2.75) is 58.5 Å². The molecule has 0 saturated carbocycles. The van der Waals surface area contributed by atoms with Gasteiger partial charge in [-0.05, 0) is 56.5 Å². The number of anilines is 1. The molecule has 0 bridgehead atoms. The summed E-state index contributed by atoms with van der Waals surface area (Å²) in [5, 5.41) is 3.64. The van der Waals surface area contributed by atoms with Crippen LogP contribution in [0.15, 0.2) is 24.3 Å². The SMILES string of the molecule is CCCC(CC)Nc1ccc(CN2CCCC2)cc1. The standard InChI is InChI=1S/C17H28N2/c1-3-7-16(4-2)18-17-10-8-15(9-11-17)14-19-12-5-6-13-19/h8-11,16,18H,3-7,12-14H2,1-2H3. The number of hydrogen-bond donors (Lipinski definition) is 1. The van der Waals surface area contributed by atoms with Crippen molar-refractivity contribution in [3.8, 4) is 0 Å². The Labute approximate surface area is 118 Å². The van der Waals surface area contributed by atoms with Gasteiger partial charge in [0, 0.05) is 18.3 Å². The van der Waals surface area contributed by atoms with Crippen LogP contribution in [-0.4, -0.2) is 24.0 Å². The molecule has 1 N–H and O–H groups in total. The first kappa shape index (κ1) is 14.4. The number of likely N-dealkylation sites (tertiary alicyclic amines) is 1. The molecule has 2 heteroatoms. The number of benzene rings is 1. The van der Waals surface area contributed by atoms with E-state index in [9.17, 15) is 0 Å². The molecule has 1 aromatic rings. The highest BCUT2D eigenvalue weighted by atomic mass is 15.1. The summed E-state index contributed by atoms with van der Waals surface area (Å²) in [6.07, 6.45) is 6.44. The quantitative estimate of drug-likeness (QED) is 0.787. The van der Waals surface area contributed by atoms with Gasteiger partial charge in [0.05, 0.1) is 0 Å². The fourth-order valence-corrected chi connectivity index (χ4v) is 2.87. The highest BCUT2D eigenvalue weighted by Crippen LogP contribution is 2.17. The number of hydrogen-bond acceptors (Lipinski definition) is 2. The van der Waals surface area contributed by atoms with Crippen LogP contribution in [-0.2, 0) is 6.54 Å². The smallest absolute Gasteiger partial charge is 0.0342 e. The van der Waals surface area contributed by atoms with E-state index in [1.165, 1.54) is 56.4 Å². The maximum Gasteiger partial charge on any atom is 0.0342 e. The molecule has 106 valence electrons. The average molecular weight is 260 g/mol. The Kier molecular flexibility index (Phi) is 5.71. The van der Waals surface area contributed by atoms with Gasteiger partial charge in [0.2, 0.25) is 0 Å². The summed E-state index contributed by atoms with van der Waals surface area (Å²) in [6, 6.07) is 9.65. The van der Waals surface area contributed by atoms with E-state index in [2.05, 4.69) is 48.3 Å². The third-order valence-corrected chi connectivity index (χ3v) is 4.06. The van der Waals surface area contributed by atoms with E-state index in [1.807, 2.05) is 0 Å². The van der Waals surface area contributed by atoms with E-state index in [4.69, 9.17) is 0 Å². The molecule has 1 saturated heterocycles. The molecule has 1 unspecified atom stereocenters. The number of rotatable bonds is 7. The van der Waals surface area contributed by atoms with Crippen molar-refractivity contribution < 1.29 is 0 Å². The Morgan fingerprint density at radius 1 is 1.11 bits per heavy atom. The monoisotopic (exact) mass is 260 g/mol. The van der Waals surface area contributed by atoms with Gasteiger partial charge in [0.15, 0.2) is 0 Å². The Morgan fingerprint density at radius 3 is 2.37 bits per heavy atom. The molecule has 0 spiro atoms. The van der Waals surface area contributed by atoms with Crippen molar-refractivity contribution in [3.63, 3.8) is 0 Å². The first-order valence-electron chi connectivity index (χ1n) is 7.89. The van der Waals surface area contributed by atoms with E-state index in [-0.39, 0.29) is 0 Å². The third kappa shape index (κ3) is 4.54. The van der Waals surface area contributed by atoms with Gasteiger partial charge in [-0.2, -0.15) is 0 Å². The van der Waals surface area contributed by atoms with Crippen LogP contribution >= 0.6 is 0 Å². The Morgan fingerprint density at radius 2 is 1.79 bits per heavy atom. The summed E-state index contributed by atoms with van der Waals surface area (Å²) in [6.45, 7) is 8.17. The van der Waals surface area contributed by atoms with Crippen LogP contribution in [0.5, 0.6) is 0 Å². The molecule has 19 heavy (non-hydrogen) atoms. The molecule has 1 aromatic carbocycles. The molecule has 0 aliphatic carbocycles. The predicted octanol–water partition coefficient (Wildman–Crippen LogP) is 4.27. The van der Waals surface area contributed by atoms with E-state index in [0.717, 1.165) is 6.54 Å². The highest BCUT2D eigenvalue weighted by molar-refractivity contribution is 5.45. The largest absolute Gasteiger partial charge is 0.382 e. The molecular weight excluding hydrogens is 232 g/mol. The van der Waals surface area contributed by atoms with Crippen LogP contribution in [0.25, 0.3) is 0 Å². The highest BCUT2D eigenvalue weighted by Gasteiger charge is 2.11. The summed E-state index contributed by atoms with van der Waals surface area (Å²) in [5.74, 6) is 0. The van der Waals surface area contributed by atoms with E-state index >= 15 is 0 Å². The Balaban J connectivity index is 1.86. The summed E-state index contributed by atoms with van der Waals surface area (Å²) in [4.78, 5) is 2.55. The maximum atomic E-state index is 3.64. The molecule has 1 fully saturated rings.